The minimum Gasteiger partial charge on any atom is -0.294 e. The average molecular weight is 259 g/mol. The number of amides is 3. The van der Waals surface area contributed by atoms with Crippen LogP contribution < -0.4 is 10.2 Å². The Morgan fingerprint density at radius 3 is 2.95 bits per heavy atom. The van der Waals surface area contributed by atoms with Crippen LogP contribution in [0.4, 0.5) is 10.5 Å². The van der Waals surface area contributed by atoms with Gasteiger partial charge >= 0.3 is 6.03 Å². The molecule has 3 heterocycles. The highest BCUT2D eigenvalue weighted by Gasteiger charge is 2.24. The molecule has 1 N–H and O–H groups in total. The van der Waals surface area contributed by atoms with E-state index in [0.29, 0.717) is 24.2 Å². The number of aldehydes is 1. The molecule has 8 nitrogen and oxygen atoms in total. The molecule has 3 rings (SSSR count). The van der Waals surface area contributed by atoms with E-state index < -0.39 is 6.03 Å². The summed E-state index contributed by atoms with van der Waals surface area (Å²) in [7, 11) is 0. The third-order valence-corrected chi connectivity index (χ3v) is 2.81. The van der Waals surface area contributed by atoms with Gasteiger partial charge in [-0.25, -0.2) is 14.3 Å². The van der Waals surface area contributed by atoms with Crippen molar-refractivity contribution in [1.82, 2.24) is 19.9 Å². The Bertz CT molecular complexity index is 693. The van der Waals surface area contributed by atoms with Crippen LogP contribution in [0, 0.1) is 0 Å². The first-order valence-corrected chi connectivity index (χ1v) is 5.60. The zero-order chi connectivity index (χ0) is 13.4. The van der Waals surface area contributed by atoms with Gasteiger partial charge in [-0.3, -0.25) is 19.8 Å². The molecular weight excluding hydrogens is 250 g/mol. The van der Waals surface area contributed by atoms with Crippen LogP contribution in [0.15, 0.2) is 18.3 Å². The normalized spacial score (nSPS) is 15.7. The second kappa shape index (κ2) is 4.16. The maximum atomic E-state index is 11.7. The molecule has 0 radical (unpaired) electrons. The molecule has 0 bridgehead atoms. The number of rotatable bonds is 2. The van der Waals surface area contributed by atoms with Crippen molar-refractivity contribution in [3.63, 3.8) is 0 Å². The van der Waals surface area contributed by atoms with Gasteiger partial charge in [0.05, 0.1) is 5.69 Å². The van der Waals surface area contributed by atoms with E-state index >= 15 is 0 Å². The number of fused-ring (bicyclic) bond motifs is 1. The van der Waals surface area contributed by atoms with Gasteiger partial charge in [-0.15, -0.1) is 5.10 Å². The zero-order valence-corrected chi connectivity index (χ0v) is 9.74. The van der Waals surface area contributed by atoms with Gasteiger partial charge in [0.1, 0.15) is 0 Å². The molecule has 2 aromatic rings. The molecule has 96 valence electrons. The predicted molar refractivity (Wildman–Crippen MR) is 63.9 cm³/mol. The third-order valence-electron chi connectivity index (χ3n) is 2.81. The van der Waals surface area contributed by atoms with Gasteiger partial charge in [-0.2, -0.15) is 0 Å². The molecule has 3 amide bonds. The standard InChI is InChI=1S/C11H9N5O3/c17-6-8-12-9-5-7(1-4-16(9)14-8)15-3-2-10(18)13-11(15)19/h1,4-6H,2-3H2,(H,13,18,19). The molecule has 0 spiro atoms. The van der Waals surface area contributed by atoms with Gasteiger partial charge in [-0.1, -0.05) is 0 Å². The second-order valence-corrected chi connectivity index (χ2v) is 4.03. The van der Waals surface area contributed by atoms with Crippen molar-refractivity contribution in [2.24, 2.45) is 0 Å². The van der Waals surface area contributed by atoms with Crippen molar-refractivity contribution >= 4 is 29.6 Å². The molecule has 1 aliphatic rings. The number of nitrogens with one attached hydrogen (secondary N) is 1. The molecule has 19 heavy (non-hydrogen) atoms. The van der Waals surface area contributed by atoms with E-state index in [9.17, 15) is 14.4 Å². The van der Waals surface area contributed by atoms with Gasteiger partial charge in [0.25, 0.3) is 0 Å². The van der Waals surface area contributed by atoms with Gasteiger partial charge in [0, 0.05) is 25.2 Å². The van der Waals surface area contributed by atoms with Crippen LogP contribution in [-0.2, 0) is 4.79 Å². The van der Waals surface area contributed by atoms with Crippen LogP contribution in [0.2, 0.25) is 0 Å². The number of aromatic nitrogens is 3. The lowest BCUT2D eigenvalue weighted by molar-refractivity contribution is -0.120. The molecule has 1 fully saturated rings. The number of carbonyl (C=O) groups is 3. The zero-order valence-electron chi connectivity index (χ0n) is 9.74. The Morgan fingerprint density at radius 2 is 2.21 bits per heavy atom. The number of nitrogens with zero attached hydrogens (tertiary/aromatic N) is 4. The summed E-state index contributed by atoms with van der Waals surface area (Å²) in [5.74, 6) is -0.205. The molecule has 0 aliphatic carbocycles. The van der Waals surface area contributed by atoms with E-state index in [0.717, 1.165) is 0 Å². The van der Waals surface area contributed by atoms with Crippen LogP contribution in [0.3, 0.4) is 0 Å². The fourth-order valence-electron chi connectivity index (χ4n) is 1.92. The van der Waals surface area contributed by atoms with E-state index in [-0.39, 0.29) is 18.2 Å². The van der Waals surface area contributed by atoms with Crippen molar-refractivity contribution in [2.45, 2.75) is 6.42 Å². The van der Waals surface area contributed by atoms with E-state index in [2.05, 4.69) is 15.4 Å². The van der Waals surface area contributed by atoms with Gasteiger partial charge < -0.3 is 0 Å². The first-order valence-electron chi connectivity index (χ1n) is 5.60. The predicted octanol–water partition coefficient (Wildman–Crippen LogP) is -0.0119. The van der Waals surface area contributed by atoms with Gasteiger partial charge in [0.2, 0.25) is 11.7 Å². The van der Waals surface area contributed by atoms with Crippen LogP contribution >= 0.6 is 0 Å². The second-order valence-electron chi connectivity index (χ2n) is 4.03. The first kappa shape index (κ1) is 11.3. The number of anilines is 1. The molecule has 8 heteroatoms. The van der Waals surface area contributed by atoms with Gasteiger partial charge in [-0.05, 0) is 6.07 Å². The molecule has 2 aromatic heterocycles. The summed E-state index contributed by atoms with van der Waals surface area (Å²) in [4.78, 5) is 38.8. The molecule has 0 atom stereocenters. The van der Waals surface area contributed by atoms with E-state index in [1.807, 2.05) is 0 Å². The summed E-state index contributed by atoms with van der Waals surface area (Å²) in [5, 5.41) is 6.15. The summed E-state index contributed by atoms with van der Waals surface area (Å²) in [5.41, 5.74) is 1.06. The Morgan fingerprint density at radius 1 is 1.37 bits per heavy atom. The lowest BCUT2D eigenvalue weighted by Crippen LogP contribution is -2.49. The highest BCUT2D eigenvalue weighted by Crippen LogP contribution is 2.18. The Balaban J connectivity index is 1.98. The molecule has 0 unspecified atom stereocenters. The topological polar surface area (TPSA) is 96.7 Å². The summed E-state index contributed by atoms with van der Waals surface area (Å²) in [6.45, 7) is 0.315. The highest BCUT2D eigenvalue weighted by atomic mass is 16.2. The molecular formula is C11H9N5O3. The summed E-state index contributed by atoms with van der Waals surface area (Å²) >= 11 is 0. The number of pyridine rings is 1. The van der Waals surface area contributed by atoms with Crippen LogP contribution in [0.25, 0.3) is 5.65 Å². The Kier molecular flexibility index (Phi) is 2.48. The molecule has 0 aromatic carbocycles. The van der Waals surface area contributed by atoms with E-state index in [1.54, 1.807) is 18.3 Å². The quantitative estimate of drug-likeness (QED) is 0.765. The minimum absolute atomic E-state index is 0.0791. The van der Waals surface area contributed by atoms with Crippen LogP contribution in [-0.4, -0.2) is 39.4 Å². The summed E-state index contributed by atoms with van der Waals surface area (Å²) in [6.07, 6.45) is 2.41. The SMILES string of the molecule is O=Cc1nc2cc(N3CCC(=O)NC3=O)ccn2n1. The minimum atomic E-state index is -0.462. The Hall–Kier alpha value is -2.77. The van der Waals surface area contributed by atoms with Crippen molar-refractivity contribution in [1.29, 1.82) is 0 Å². The molecule has 1 aliphatic heterocycles. The maximum Gasteiger partial charge on any atom is 0.328 e. The van der Waals surface area contributed by atoms with Crippen molar-refractivity contribution in [2.75, 3.05) is 11.4 Å². The number of urea groups is 1. The number of imide groups is 1. The summed E-state index contributed by atoms with van der Waals surface area (Å²) in [6, 6.07) is 2.84. The molecule has 1 saturated heterocycles. The smallest absolute Gasteiger partial charge is 0.294 e. The average Bonchev–Trinajstić information content (AvgIpc) is 2.80. The largest absolute Gasteiger partial charge is 0.328 e. The number of hydrogen-bond donors (Lipinski definition) is 1. The monoisotopic (exact) mass is 259 g/mol. The van der Waals surface area contributed by atoms with E-state index in [4.69, 9.17) is 0 Å². The molecule has 0 saturated carbocycles. The van der Waals surface area contributed by atoms with Crippen LogP contribution in [0.1, 0.15) is 17.0 Å². The van der Waals surface area contributed by atoms with Gasteiger partial charge in [0.15, 0.2) is 11.9 Å². The van der Waals surface area contributed by atoms with Crippen LogP contribution in [0.5, 0.6) is 0 Å². The summed E-state index contributed by atoms with van der Waals surface area (Å²) < 4.78 is 1.44. The Labute approximate surface area is 107 Å². The number of hydrogen-bond acceptors (Lipinski definition) is 5. The highest BCUT2D eigenvalue weighted by molar-refractivity contribution is 6.05. The van der Waals surface area contributed by atoms with Crippen molar-refractivity contribution < 1.29 is 14.4 Å². The van der Waals surface area contributed by atoms with Crippen molar-refractivity contribution in [3.05, 3.63) is 24.2 Å². The lowest BCUT2D eigenvalue weighted by Gasteiger charge is -2.26. The number of carbonyl (C=O) groups excluding carboxylic acids is 3. The van der Waals surface area contributed by atoms with Crippen molar-refractivity contribution in [3.8, 4) is 0 Å². The maximum absolute atomic E-state index is 11.7. The van der Waals surface area contributed by atoms with E-state index in [1.165, 1.54) is 9.42 Å². The fraction of sp³-hybridized carbons (Fsp3) is 0.182. The lowest BCUT2D eigenvalue weighted by atomic mass is 10.2. The first-order chi connectivity index (χ1) is 9.17. The fourth-order valence-corrected chi connectivity index (χ4v) is 1.92. The third kappa shape index (κ3) is 1.92.